The van der Waals surface area contributed by atoms with Gasteiger partial charge in [-0.15, -0.1) is 0 Å². The number of likely N-dealkylation sites (tertiary alicyclic amines) is 1. The summed E-state index contributed by atoms with van der Waals surface area (Å²) in [6.07, 6.45) is 1.32. The molecule has 0 unspecified atom stereocenters. The van der Waals surface area contributed by atoms with Gasteiger partial charge in [-0.2, -0.15) is 0 Å². The van der Waals surface area contributed by atoms with E-state index >= 15 is 0 Å². The van der Waals surface area contributed by atoms with Crippen molar-refractivity contribution in [3.8, 4) is 0 Å². The molecule has 0 radical (unpaired) electrons. The topological polar surface area (TPSA) is 133 Å². The number of hydrogen-bond donors (Lipinski definition) is 1. The van der Waals surface area contributed by atoms with E-state index in [-0.39, 0.29) is 36.6 Å². The fourth-order valence-electron chi connectivity index (χ4n) is 5.94. The summed E-state index contributed by atoms with van der Waals surface area (Å²) in [7, 11) is -4.09. The van der Waals surface area contributed by atoms with E-state index in [1.807, 2.05) is 20.8 Å². The van der Waals surface area contributed by atoms with Crippen LogP contribution in [-0.4, -0.2) is 93.3 Å². The quantitative estimate of drug-likeness (QED) is 0.402. The van der Waals surface area contributed by atoms with Crippen LogP contribution in [0.15, 0.2) is 47.5 Å². The van der Waals surface area contributed by atoms with Crippen molar-refractivity contribution in [2.75, 3.05) is 25.4 Å². The molecule has 11 nitrogen and oxygen atoms in total. The molecule has 3 aromatic rings. The summed E-state index contributed by atoms with van der Waals surface area (Å²) in [5.74, 6) is -0.623. The van der Waals surface area contributed by atoms with E-state index in [1.54, 1.807) is 46.9 Å². The minimum atomic E-state index is -4.09. The maximum Gasteiger partial charge on any atom is 0.408 e. The number of aryl methyl sites for hydroxylation is 1. The molecule has 1 aromatic heterocycles. The first-order valence-corrected chi connectivity index (χ1v) is 16.2. The van der Waals surface area contributed by atoms with Crippen molar-refractivity contribution >= 4 is 50.2 Å². The molecule has 0 saturated carbocycles. The lowest BCUT2D eigenvalue weighted by atomic mass is 9.95. The number of nitrogens with zero attached hydrogens (tertiary/aromatic N) is 5. The van der Waals surface area contributed by atoms with Crippen LogP contribution in [0.3, 0.4) is 0 Å². The molecule has 2 aliphatic heterocycles. The van der Waals surface area contributed by atoms with Gasteiger partial charge in [-0.25, -0.2) is 23.0 Å². The number of aromatic nitrogens is 2. The van der Waals surface area contributed by atoms with Gasteiger partial charge in [-0.3, -0.25) is 14.3 Å². The minimum Gasteiger partial charge on any atom is -0.465 e. The number of fused-ring (bicyclic) bond motifs is 2. The number of carbonyl (C=O) groups excluding carboxylic acids is 2. The third kappa shape index (κ3) is 6.35. The smallest absolute Gasteiger partial charge is 0.408 e. The van der Waals surface area contributed by atoms with Crippen LogP contribution in [0, 0.1) is 12.3 Å². The highest BCUT2D eigenvalue weighted by Crippen LogP contribution is 2.29. The van der Waals surface area contributed by atoms with Crippen molar-refractivity contribution in [3.05, 3.63) is 59.1 Å². The van der Waals surface area contributed by atoms with Crippen LogP contribution in [0.1, 0.15) is 45.1 Å². The molecule has 0 spiro atoms. The molecule has 3 heterocycles. The molecule has 0 bridgehead atoms. The Balaban J connectivity index is 1.37. The third-order valence-electron chi connectivity index (χ3n) is 8.06. The Labute approximate surface area is 255 Å². The Morgan fingerprint density at radius 3 is 2.40 bits per heavy atom. The average Bonchev–Trinajstić information content (AvgIpc) is 3.48. The van der Waals surface area contributed by atoms with Crippen LogP contribution in [-0.2, 0) is 21.2 Å². The molecule has 5 rings (SSSR count). The summed E-state index contributed by atoms with van der Waals surface area (Å²) in [5.41, 5.74) is 0.289. The standard InChI is InChI=1S/C30H36ClN5O6S/c1-19-32-15-24-16-34(28(38)36(19)24)23-9-11-33(12-10-23)27(37)26(35(29(39)40)18-30(2,3)4)17-43(41,42)25-8-6-20-13-22(31)7-5-21(20)14-25/h5-8,13-15,23,26H,9-12,16-18H2,1-4H3,(H,39,40)/t26-/m1/s1. The van der Waals surface area contributed by atoms with E-state index < -0.39 is 39.0 Å². The molecule has 2 aliphatic rings. The van der Waals surface area contributed by atoms with E-state index in [0.717, 1.165) is 16.0 Å². The molecule has 2 aromatic carbocycles. The fraction of sp³-hybridized carbons (Fsp3) is 0.467. The van der Waals surface area contributed by atoms with Crippen molar-refractivity contribution in [2.45, 2.75) is 64.1 Å². The number of hydrogen-bond acceptors (Lipinski definition) is 6. The SMILES string of the molecule is Cc1ncc2n1C(=O)N(C1CCN(C(=O)[C@@H](CS(=O)(=O)c3ccc4cc(Cl)ccc4c3)N(CC(C)(C)C)C(=O)O)CC1)C2. The Kier molecular flexibility index (Phi) is 8.21. The minimum absolute atomic E-state index is 0.00107. The molecule has 1 atom stereocenters. The molecule has 230 valence electrons. The Morgan fingerprint density at radius 2 is 1.77 bits per heavy atom. The van der Waals surface area contributed by atoms with Crippen LogP contribution < -0.4 is 0 Å². The molecular weight excluding hydrogens is 594 g/mol. The number of benzene rings is 2. The first-order valence-electron chi connectivity index (χ1n) is 14.2. The van der Waals surface area contributed by atoms with Crippen LogP contribution in [0.5, 0.6) is 0 Å². The Bertz CT molecular complexity index is 1690. The molecule has 1 saturated heterocycles. The number of halogens is 1. The largest absolute Gasteiger partial charge is 0.465 e. The van der Waals surface area contributed by atoms with Gasteiger partial charge in [0.2, 0.25) is 5.91 Å². The summed E-state index contributed by atoms with van der Waals surface area (Å²) < 4.78 is 29.1. The summed E-state index contributed by atoms with van der Waals surface area (Å²) >= 11 is 6.07. The zero-order chi connectivity index (χ0) is 31.3. The number of piperidine rings is 1. The monoisotopic (exact) mass is 629 g/mol. The molecule has 13 heteroatoms. The van der Waals surface area contributed by atoms with Gasteiger partial charge in [0.15, 0.2) is 9.84 Å². The zero-order valence-corrected chi connectivity index (χ0v) is 26.2. The van der Waals surface area contributed by atoms with Crippen LogP contribution in [0.4, 0.5) is 9.59 Å². The van der Waals surface area contributed by atoms with Gasteiger partial charge >= 0.3 is 12.1 Å². The highest BCUT2D eigenvalue weighted by Gasteiger charge is 2.41. The maximum atomic E-state index is 14.0. The Morgan fingerprint density at radius 1 is 1.12 bits per heavy atom. The second-order valence-corrected chi connectivity index (χ2v) is 15.0. The van der Waals surface area contributed by atoms with Gasteiger partial charge in [-0.1, -0.05) is 44.5 Å². The summed E-state index contributed by atoms with van der Waals surface area (Å²) in [6.45, 7) is 8.23. The van der Waals surface area contributed by atoms with E-state index in [4.69, 9.17) is 11.6 Å². The van der Waals surface area contributed by atoms with Gasteiger partial charge in [0.25, 0.3) is 0 Å². The summed E-state index contributed by atoms with van der Waals surface area (Å²) in [6, 6.07) is 8.04. The first kappa shape index (κ1) is 30.8. The van der Waals surface area contributed by atoms with Crippen LogP contribution in [0.2, 0.25) is 5.02 Å². The fourth-order valence-corrected chi connectivity index (χ4v) is 7.63. The van der Waals surface area contributed by atoms with Crippen molar-refractivity contribution in [1.29, 1.82) is 0 Å². The van der Waals surface area contributed by atoms with Crippen molar-refractivity contribution < 1.29 is 27.9 Å². The third-order valence-corrected chi connectivity index (χ3v) is 10.0. The maximum absolute atomic E-state index is 14.0. The van der Waals surface area contributed by atoms with Crippen LogP contribution >= 0.6 is 11.6 Å². The lowest BCUT2D eigenvalue weighted by molar-refractivity contribution is -0.137. The van der Waals surface area contributed by atoms with Crippen LogP contribution in [0.25, 0.3) is 10.8 Å². The highest BCUT2D eigenvalue weighted by atomic mass is 35.5. The van der Waals surface area contributed by atoms with Crippen molar-refractivity contribution in [3.63, 3.8) is 0 Å². The summed E-state index contributed by atoms with van der Waals surface area (Å²) in [4.78, 5) is 48.0. The number of sulfone groups is 1. The molecule has 1 fully saturated rings. The molecule has 0 aliphatic carbocycles. The second-order valence-electron chi connectivity index (χ2n) is 12.5. The van der Waals surface area contributed by atoms with Crippen molar-refractivity contribution in [1.82, 2.24) is 24.3 Å². The van der Waals surface area contributed by atoms with Gasteiger partial charge in [0.05, 0.1) is 29.1 Å². The zero-order valence-electron chi connectivity index (χ0n) is 24.7. The second kappa shape index (κ2) is 11.5. The first-order chi connectivity index (χ1) is 20.1. The normalized spacial score (nSPS) is 16.9. The lowest BCUT2D eigenvalue weighted by Crippen LogP contribution is -2.57. The molecule has 3 amide bonds. The van der Waals surface area contributed by atoms with E-state index in [2.05, 4.69) is 4.98 Å². The van der Waals surface area contributed by atoms with E-state index in [1.165, 1.54) is 17.0 Å². The van der Waals surface area contributed by atoms with Gasteiger partial charge < -0.3 is 14.9 Å². The highest BCUT2D eigenvalue weighted by molar-refractivity contribution is 7.91. The molecule has 43 heavy (non-hydrogen) atoms. The predicted molar refractivity (Wildman–Crippen MR) is 162 cm³/mol. The predicted octanol–water partition coefficient (Wildman–Crippen LogP) is 4.64. The molecular formula is C30H36ClN5O6S. The number of carbonyl (C=O) groups is 3. The average molecular weight is 630 g/mol. The van der Waals surface area contributed by atoms with Gasteiger partial charge in [-0.05, 0) is 60.2 Å². The number of carboxylic acid groups (broad SMARTS) is 1. The van der Waals surface area contributed by atoms with Gasteiger partial charge in [0.1, 0.15) is 11.9 Å². The molecule has 1 N–H and O–H groups in total. The van der Waals surface area contributed by atoms with E-state index in [0.29, 0.717) is 35.6 Å². The summed E-state index contributed by atoms with van der Waals surface area (Å²) in [5, 5.41) is 12.1. The number of rotatable bonds is 7. The number of imidazole rings is 1. The van der Waals surface area contributed by atoms with Gasteiger partial charge in [0, 0.05) is 30.7 Å². The Hall–Kier alpha value is -3.64. The van der Waals surface area contributed by atoms with E-state index in [9.17, 15) is 27.9 Å². The number of amides is 3. The van der Waals surface area contributed by atoms with Crippen molar-refractivity contribution in [2.24, 2.45) is 5.41 Å². The lowest BCUT2D eigenvalue weighted by Gasteiger charge is -2.40.